The third-order valence-electron chi connectivity index (χ3n) is 3.75. The first-order valence-corrected chi connectivity index (χ1v) is 9.03. The first-order valence-electron chi connectivity index (χ1n) is 7.46. The minimum atomic E-state index is -0.439. The van der Waals surface area contributed by atoms with Gasteiger partial charge in [0.25, 0.3) is 11.1 Å². The van der Waals surface area contributed by atoms with Crippen molar-refractivity contribution in [2.75, 3.05) is 7.11 Å². The second-order valence-electron chi connectivity index (χ2n) is 5.40. The molecule has 26 heavy (non-hydrogen) atoms. The van der Waals surface area contributed by atoms with Crippen molar-refractivity contribution in [2.24, 2.45) is 0 Å². The lowest BCUT2D eigenvalue weighted by Crippen LogP contribution is -2.27. The van der Waals surface area contributed by atoms with Crippen LogP contribution in [0.2, 0.25) is 10.0 Å². The van der Waals surface area contributed by atoms with Crippen molar-refractivity contribution >= 4 is 52.2 Å². The zero-order chi connectivity index (χ0) is 18.8. The first-order chi connectivity index (χ1) is 12.4. The minimum Gasteiger partial charge on any atom is -0.504 e. The molecule has 134 valence electrons. The molecule has 2 amide bonds. The maximum Gasteiger partial charge on any atom is 0.293 e. The Morgan fingerprint density at radius 2 is 1.88 bits per heavy atom. The van der Waals surface area contributed by atoms with Crippen LogP contribution < -0.4 is 4.74 Å². The number of rotatable bonds is 4. The monoisotopic (exact) mass is 409 g/mol. The molecule has 0 atom stereocenters. The van der Waals surface area contributed by atoms with Gasteiger partial charge in [-0.15, -0.1) is 0 Å². The summed E-state index contributed by atoms with van der Waals surface area (Å²) >= 11 is 13.1. The van der Waals surface area contributed by atoms with Crippen LogP contribution in [0.1, 0.15) is 11.1 Å². The van der Waals surface area contributed by atoms with Crippen LogP contribution in [0.3, 0.4) is 0 Å². The fourth-order valence-electron chi connectivity index (χ4n) is 2.43. The largest absolute Gasteiger partial charge is 0.504 e. The second-order valence-corrected chi connectivity index (χ2v) is 7.21. The lowest BCUT2D eigenvalue weighted by Gasteiger charge is -2.14. The maximum absolute atomic E-state index is 12.6. The van der Waals surface area contributed by atoms with Gasteiger partial charge in [0.1, 0.15) is 0 Å². The molecule has 1 aliphatic rings. The molecule has 0 aromatic heterocycles. The quantitative estimate of drug-likeness (QED) is 0.723. The molecule has 8 heteroatoms. The number of ether oxygens (including phenoxy) is 1. The van der Waals surface area contributed by atoms with E-state index in [1.807, 2.05) is 0 Å². The third kappa shape index (κ3) is 3.67. The van der Waals surface area contributed by atoms with E-state index in [-0.39, 0.29) is 17.2 Å². The number of benzene rings is 2. The van der Waals surface area contributed by atoms with Crippen LogP contribution in [0.5, 0.6) is 11.5 Å². The summed E-state index contributed by atoms with van der Waals surface area (Å²) in [5.41, 5.74) is 1.09. The molecule has 1 N–H and O–H groups in total. The van der Waals surface area contributed by atoms with Crippen molar-refractivity contribution in [2.45, 2.75) is 6.54 Å². The highest BCUT2D eigenvalue weighted by molar-refractivity contribution is 8.18. The highest BCUT2D eigenvalue weighted by Crippen LogP contribution is 2.36. The number of carbonyl (C=O) groups is 2. The number of amides is 2. The number of methoxy groups -OCH3 is 1. The predicted molar refractivity (Wildman–Crippen MR) is 103 cm³/mol. The summed E-state index contributed by atoms with van der Waals surface area (Å²) in [6.07, 6.45) is 1.54. The van der Waals surface area contributed by atoms with Gasteiger partial charge in [-0.3, -0.25) is 14.5 Å². The molecule has 2 aromatic carbocycles. The fourth-order valence-corrected chi connectivity index (χ4v) is 3.78. The summed E-state index contributed by atoms with van der Waals surface area (Å²) in [5.74, 6) is -0.168. The van der Waals surface area contributed by atoms with Crippen molar-refractivity contribution < 1.29 is 19.4 Å². The lowest BCUT2D eigenvalue weighted by atomic mass is 10.1. The SMILES string of the molecule is COc1ccc(/C=C2\SC(=O)N(Cc3c(Cl)cccc3Cl)C2=O)cc1O. The molecule has 0 radical (unpaired) electrons. The molecule has 0 aliphatic carbocycles. The number of imide groups is 1. The van der Waals surface area contributed by atoms with Crippen LogP contribution in [0.15, 0.2) is 41.3 Å². The van der Waals surface area contributed by atoms with Crippen LogP contribution in [-0.4, -0.2) is 28.3 Å². The summed E-state index contributed by atoms with van der Waals surface area (Å²) in [6.45, 7) is -0.00558. The Kier molecular flexibility index (Phi) is 5.46. The third-order valence-corrected chi connectivity index (χ3v) is 5.37. The number of hydrogen-bond acceptors (Lipinski definition) is 5. The Balaban J connectivity index is 1.86. The molecule has 1 heterocycles. The first kappa shape index (κ1) is 18.6. The van der Waals surface area contributed by atoms with Crippen molar-refractivity contribution in [3.8, 4) is 11.5 Å². The highest BCUT2D eigenvalue weighted by Gasteiger charge is 2.35. The number of halogens is 2. The summed E-state index contributed by atoms with van der Waals surface area (Å²) in [4.78, 5) is 26.2. The van der Waals surface area contributed by atoms with Gasteiger partial charge >= 0.3 is 0 Å². The molecule has 0 spiro atoms. The zero-order valence-electron chi connectivity index (χ0n) is 13.5. The van der Waals surface area contributed by atoms with Crippen molar-refractivity contribution in [1.29, 1.82) is 0 Å². The van der Waals surface area contributed by atoms with Crippen molar-refractivity contribution in [3.05, 3.63) is 62.5 Å². The summed E-state index contributed by atoms with van der Waals surface area (Å²) in [7, 11) is 1.44. The maximum atomic E-state index is 12.6. The van der Waals surface area contributed by atoms with Crippen LogP contribution in [0.25, 0.3) is 6.08 Å². The topological polar surface area (TPSA) is 66.8 Å². The predicted octanol–water partition coefficient (Wildman–Crippen LogP) is 4.94. The van der Waals surface area contributed by atoms with Gasteiger partial charge < -0.3 is 9.84 Å². The molecule has 5 nitrogen and oxygen atoms in total. The molecule has 0 bridgehead atoms. The van der Waals surface area contributed by atoms with E-state index in [0.717, 1.165) is 16.7 Å². The summed E-state index contributed by atoms with van der Waals surface area (Å²) < 4.78 is 4.98. The number of phenolic OH excluding ortho intramolecular Hbond substituents is 1. The Labute approximate surface area is 164 Å². The average Bonchev–Trinajstić information content (AvgIpc) is 2.85. The highest BCUT2D eigenvalue weighted by atomic mass is 35.5. The van der Waals surface area contributed by atoms with E-state index < -0.39 is 11.1 Å². The van der Waals surface area contributed by atoms with Gasteiger partial charge in [0.2, 0.25) is 0 Å². The molecule has 1 aliphatic heterocycles. The Morgan fingerprint density at radius 1 is 1.19 bits per heavy atom. The van der Waals surface area contributed by atoms with E-state index in [9.17, 15) is 14.7 Å². The van der Waals surface area contributed by atoms with Crippen molar-refractivity contribution in [3.63, 3.8) is 0 Å². The molecule has 0 saturated carbocycles. The van der Waals surface area contributed by atoms with Crippen LogP contribution >= 0.6 is 35.0 Å². The van der Waals surface area contributed by atoms with Crippen LogP contribution in [-0.2, 0) is 11.3 Å². The molecular formula is C18H13Cl2NO4S. The average molecular weight is 410 g/mol. The smallest absolute Gasteiger partial charge is 0.293 e. The number of phenols is 1. The van der Waals surface area contributed by atoms with Gasteiger partial charge in [-0.25, -0.2) is 0 Å². The van der Waals surface area contributed by atoms with Gasteiger partial charge in [0.15, 0.2) is 11.5 Å². The zero-order valence-corrected chi connectivity index (χ0v) is 15.9. The molecule has 1 fully saturated rings. The molecule has 0 unspecified atom stereocenters. The van der Waals surface area contributed by atoms with Gasteiger partial charge in [0.05, 0.1) is 18.6 Å². The molecule has 1 saturated heterocycles. The second kappa shape index (κ2) is 7.61. The van der Waals surface area contributed by atoms with Gasteiger partial charge in [-0.1, -0.05) is 35.3 Å². The number of nitrogens with zero attached hydrogens (tertiary/aromatic N) is 1. The van der Waals surface area contributed by atoms with E-state index in [0.29, 0.717) is 26.9 Å². The standard InChI is InChI=1S/C18H13Cl2NO4S/c1-25-15-6-5-10(7-14(15)22)8-16-17(23)21(18(24)26-16)9-11-12(19)3-2-4-13(11)20/h2-8,22H,9H2,1H3/b16-8-. The number of aromatic hydroxyl groups is 1. The van der Waals surface area contributed by atoms with Gasteiger partial charge in [-0.2, -0.15) is 0 Å². The molecule has 2 aromatic rings. The van der Waals surface area contributed by atoms with E-state index >= 15 is 0 Å². The normalized spacial score (nSPS) is 15.8. The van der Waals surface area contributed by atoms with Crippen LogP contribution in [0.4, 0.5) is 4.79 Å². The summed E-state index contributed by atoms with van der Waals surface area (Å²) in [6, 6.07) is 9.71. The van der Waals surface area contributed by atoms with Gasteiger partial charge in [0, 0.05) is 15.6 Å². The lowest BCUT2D eigenvalue weighted by molar-refractivity contribution is -0.123. The van der Waals surface area contributed by atoms with Crippen LogP contribution in [0, 0.1) is 0 Å². The Bertz CT molecular complexity index is 909. The molecule has 3 rings (SSSR count). The van der Waals surface area contributed by atoms with E-state index in [1.54, 1.807) is 30.3 Å². The molecular weight excluding hydrogens is 397 g/mol. The number of thioether (sulfide) groups is 1. The number of carbonyl (C=O) groups excluding carboxylic acids is 2. The minimum absolute atomic E-state index is 0.00558. The Morgan fingerprint density at radius 3 is 2.50 bits per heavy atom. The number of hydrogen-bond donors (Lipinski definition) is 1. The van der Waals surface area contributed by atoms with E-state index in [4.69, 9.17) is 27.9 Å². The summed E-state index contributed by atoms with van der Waals surface area (Å²) in [5, 5.41) is 10.2. The van der Waals surface area contributed by atoms with Gasteiger partial charge in [-0.05, 0) is 47.7 Å². The fraction of sp³-hybridized carbons (Fsp3) is 0.111. The Hall–Kier alpha value is -2.15. The van der Waals surface area contributed by atoms with Crippen molar-refractivity contribution in [1.82, 2.24) is 4.90 Å². The van der Waals surface area contributed by atoms with E-state index in [1.165, 1.54) is 19.3 Å². The van der Waals surface area contributed by atoms with E-state index in [2.05, 4.69) is 0 Å².